The molecule has 0 unspecified atom stereocenters. The van der Waals surface area contributed by atoms with Crippen LogP contribution in [-0.4, -0.2) is 25.6 Å². The average molecular weight is 318 g/mol. The molecule has 2 aromatic rings. The molecular formula is C15H14N2O4S. The van der Waals surface area contributed by atoms with Gasteiger partial charge >= 0.3 is 0 Å². The van der Waals surface area contributed by atoms with Crippen LogP contribution in [0.15, 0.2) is 58.4 Å². The number of phenols is 1. The molecule has 2 N–H and O–H groups in total. The molecule has 1 amide bonds. The maximum Gasteiger partial charge on any atom is 0.264 e. The molecule has 0 radical (unpaired) electrons. The number of amides is 1. The van der Waals surface area contributed by atoms with Crippen molar-refractivity contribution in [2.24, 2.45) is 4.99 Å². The maximum atomic E-state index is 11.8. The van der Waals surface area contributed by atoms with Crippen LogP contribution in [0.25, 0.3) is 0 Å². The summed E-state index contributed by atoms with van der Waals surface area (Å²) in [6.45, 7) is 1.13. The zero-order valence-electron chi connectivity index (χ0n) is 11.7. The summed E-state index contributed by atoms with van der Waals surface area (Å²) in [5.41, 5.74) is 1.36. The van der Waals surface area contributed by atoms with Gasteiger partial charge in [-0.25, -0.2) is 13.1 Å². The fraction of sp³-hybridized carbons (Fsp3) is 0.0667. The minimum atomic E-state index is -3.83. The second-order valence-corrected chi connectivity index (χ2v) is 6.19. The van der Waals surface area contributed by atoms with E-state index in [0.29, 0.717) is 5.69 Å². The normalized spacial score (nSPS) is 11.5. The summed E-state index contributed by atoms with van der Waals surface area (Å²) in [5, 5.41) is 9.18. The van der Waals surface area contributed by atoms with Crippen LogP contribution in [0.1, 0.15) is 12.5 Å². The summed E-state index contributed by atoms with van der Waals surface area (Å²) in [6, 6.07) is 12.3. The van der Waals surface area contributed by atoms with Crippen molar-refractivity contribution in [2.45, 2.75) is 11.8 Å². The largest absolute Gasteiger partial charge is 0.508 e. The highest BCUT2D eigenvalue weighted by molar-refractivity contribution is 7.90. The van der Waals surface area contributed by atoms with Crippen LogP contribution in [0.4, 0.5) is 5.69 Å². The second kappa shape index (κ2) is 6.40. The molecule has 0 aliphatic rings. The van der Waals surface area contributed by atoms with Crippen molar-refractivity contribution in [3.63, 3.8) is 0 Å². The van der Waals surface area contributed by atoms with Gasteiger partial charge in [0.2, 0.25) is 5.91 Å². The minimum absolute atomic E-state index is 0.00807. The molecule has 7 heteroatoms. The van der Waals surface area contributed by atoms with Gasteiger partial charge in [0.25, 0.3) is 10.0 Å². The Bertz CT molecular complexity index is 794. The summed E-state index contributed by atoms with van der Waals surface area (Å²) < 4.78 is 25.4. The monoisotopic (exact) mass is 318 g/mol. The fourth-order valence-corrected chi connectivity index (χ4v) is 2.66. The Morgan fingerprint density at radius 2 is 1.68 bits per heavy atom. The number of aromatic hydroxyl groups is 1. The van der Waals surface area contributed by atoms with Gasteiger partial charge in [-0.05, 0) is 54.1 Å². The summed E-state index contributed by atoms with van der Waals surface area (Å²) in [4.78, 5) is 15.0. The fourth-order valence-electron chi connectivity index (χ4n) is 1.67. The molecule has 0 saturated carbocycles. The van der Waals surface area contributed by atoms with Gasteiger partial charge in [0.05, 0.1) is 10.6 Å². The third-order valence-corrected chi connectivity index (χ3v) is 4.13. The Morgan fingerprint density at radius 1 is 1.09 bits per heavy atom. The second-order valence-electron chi connectivity index (χ2n) is 4.51. The summed E-state index contributed by atoms with van der Waals surface area (Å²) >= 11 is 0. The molecule has 0 bridgehead atoms. The molecule has 0 spiro atoms. The smallest absolute Gasteiger partial charge is 0.264 e. The molecule has 0 fully saturated rings. The van der Waals surface area contributed by atoms with E-state index in [1.54, 1.807) is 30.5 Å². The molecule has 0 aliphatic carbocycles. The number of hydrogen-bond donors (Lipinski definition) is 2. The van der Waals surface area contributed by atoms with E-state index in [0.717, 1.165) is 12.5 Å². The number of carbonyl (C=O) groups excluding carboxylic acids is 1. The van der Waals surface area contributed by atoms with Gasteiger partial charge in [0.15, 0.2) is 0 Å². The Kier molecular flexibility index (Phi) is 4.57. The zero-order valence-corrected chi connectivity index (χ0v) is 12.5. The van der Waals surface area contributed by atoms with E-state index in [9.17, 15) is 18.3 Å². The van der Waals surface area contributed by atoms with Crippen molar-refractivity contribution in [1.82, 2.24) is 4.72 Å². The quantitative estimate of drug-likeness (QED) is 0.842. The molecule has 22 heavy (non-hydrogen) atoms. The number of carbonyl (C=O) groups is 1. The standard InChI is InChI=1S/C15H14N2O4S/c1-11(18)17-22(20,21)15-8-4-13(5-9-15)16-10-12-2-6-14(19)7-3-12/h2-10,19H,1H3,(H,17,18). The van der Waals surface area contributed by atoms with E-state index in [-0.39, 0.29) is 10.6 Å². The lowest BCUT2D eigenvalue weighted by molar-refractivity contribution is -0.117. The number of sulfonamides is 1. The van der Waals surface area contributed by atoms with Gasteiger partial charge < -0.3 is 5.11 Å². The van der Waals surface area contributed by atoms with E-state index in [2.05, 4.69) is 4.99 Å². The van der Waals surface area contributed by atoms with Crippen molar-refractivity contribution in [1.29, 1.82) is 0 Å². The van der Waals surface area contributed by atoms with Crippen LogP contribution in [0, 0.1) is 0 Å². The Morgan fingerprint density at radius 3 is 2.23 bits per heavy atom. The third kappa shape index (κ3) is 4.16. The first-order valence-corrected chi connectivity index (χ1v) is 7.82. The van der Waals surface area contributed by atoms with E-state index in [1.807, 2.05) is 4.72 Å². The molecule has 0 aromatic heterocycles. The lowest BCUT2D eigenvalue weighted by Crippen LogP contribution is -2.28. The van der Waals surface area contributed by atoms with Crippen LogP contribution < -0.4 is 4.72 Å². The van der Waals surface area contributed by atoms with E-state index >= 15 is 0 Å². The van der Waals surface area contributed by atoms with Crippen molar-refractivity contribution in [3.05, 3.63) is 54.1 Å². The number of nitrogens with one attached hydrogen (secondary N) is 1. The van der Waals surface area contributed by atoms with Crippen LogP contribution >= 0.6 is 0 Å². The topological polar surface area (TPSA) is 95.8 Å². The summed E-state index contributed by atoms with van der Waals surface area (Å²) in [6.07, 6.45) is 1.59. The number of phenolic OH excluding ortho intramolecular Hbond substituents is 1. The highest BCUT2D eigenvalue weighted by Crippen LogP contribution is 2.17. The lowest BCUT2D eigenvalue weighted by Gasteiger charge is -2.04. The molecule has 2 aromatic carbocycles. The zero-order chi connectivity index (χ0) is 16.2. The molecule has 114 valence electrons. The first kappa shape index (κ1) is 15.7. The average Bonchev–Trinajstić information content (AvgIpc) is 2.46. The Balaban J connectivity index is 2.15. The predicted molar refractivity (Wildman–Crippen MR) is 82.8 cm³/mol. The van der Waals surface area contributed by atoms with Crippen molar-refractivity contribution in [3.8, 4) is 5.75 Å². The minimum Gasteiger partial charge on any atom is -0.508 e. The van der Waals surface area contributed by atoms with Gasteiger partial charge in [0, 0.05) is 13.1 Å². The molecule has 0 saturated heterocycles. The molecule has 2 rings (SSSR count). The molecule has 0 heterocycles. The molecule has 0 atom stereocenters. The van der Waals surface area contributed by atoms with E-state index in [4.69, 9.17) is 0 Å². The molecule has 6 nitrogen and oxygen atoms in total. The Hall–Kier alpha value is -2.67. The molecule has 0 aliphatic heterocycles. The molecular weight excluding hydrogens is 304 g/mol. The number of rotatable bonds is 4. The van der Waals surface area contributed by atoms with E-state index < -0.39 is 15.9 Å². The first-order valence-electron chi connectivity index (χ1n) is 6.33. The van der Waals surface area contributed by atoms with Crippen molar-refractivity contribution < 1.29 is 18.3 Å². The first-order chi connectivity index (χ1) is 10.4. The number of aliphatic imine (C=N–C) groups is 1. The number of hydrogen-bond acceptors (Lipinski definition) is 5. The third-order valence-electron chi connectivity index (χ3n) is 2.68. The van der Waals surface area contributed by atoms with Crippen LogP contribution in [-0.2, 0) is 14.8 Å². The highest BCUT2D eigenvalue weighted by Gasteiger charge is 2.14. The predicted octanol–water partition coefficient (Wildman–Crippen LogP) is 1.97. The number of nitrogens with zero attached hydrogens (tertiary/aromatic N) is 1. The maximum absolute atomic E-state index is 11.8. The number of benzene rings is 2. The lowest BCUT2D eigenvalue weighted by atomic mass is 10.2. The SMILES string of the molecule is CC(=O)NS(=O)(=O)c1ccc(N=Cc2ccc(O)cc2)cc1. The van der Waals surface area contributed by atoms with Gasteiger partial charge in [-0.1, -0.05) is 0 Å². The van der Waals surface area contributed by atoms with Crippen LogP contribution in [0.5, 0.6) is 5.75 Å². The summed E-state index contributed by atoms with van der Waals surface area (Å²) in [7, 11) is -3.83. The van der Waals surface area contributed by atoms with Crippen LogP contribution in [0.2, 0.25) is 0 Å². The highest BCUT2D eigenvalue weighted by atomic mass is 32.2. The van der Waals surface area contributed by atoms with Crippen molar-refractivity contribution in [2.75, 3.05) is 0 Å². The van der Waals surface area contributed by atoms with Gasteiger partial charge in [0.1, 0.15) is 5.75 Å². The van der Waals surface area contributed by atoms with Crippen molar-refractivity contribution >= 4 is 27.8 Å². The van der Waals surface area contributed by atoms with Gasteiger partial charge in [-0.3, -0.25) is 9.79 Å². The van der Waals surface area contributed by atoms with Gasteiger partial charge in [-0.15, -0.1) is 0 Å². The van der Waals surface area contributed by atoms with Crippen LogP contribution in [0.3, 0.4) is 0 Å². The Labute approximate surface area is 128 Å². The van der Waals surface area contributed by atoms with Gasteiger partial charge in [-0.2, -0.15) is 0 Å². The summed E-state index contributed by atoms with van der Waals surface area (Å²) in [5.74, 6) is -0.473. The van der Waals surface area contributed by atoms with E-state index in [1.165, 1.54) is 24.3 Å².